The zero-order chi connectivity index (χ0) is 16.4. The van der Waals surface area contributed by atoms with E-state index in [0.717, 1.165) is 5.56 Å². The first-order valence-corrected chi connectivity index (χ1v) is 7.39. The number of ketones is 1. The molecule has 3 rings (SSSR count). The predicted octanol–water partition coefficient (Wildman–Crippen LogP) is 3.86. The lowest BCUT2D eigenvalue weighted by Crippen LogP contribution is -2.14. The second-order valence-corrected chi connectivity index (χ2v) is 5.58. The van der Waals surface area contributed by atoms with Crippen LogP contribution in [0.25, 0.3) is 6.08 Å². The largest absolute Gasteiger partial charge is 0.452 e. The average Bonchev–Trinajstić information content (AvgIpc) is 2.84. The van der Waals surface area contributed by atoms with Crippen molar-refractivity contribution in [2.75, 3.05) is 0 Å². The molecule has 0 radical (unpaired) electrons. The number of allylic oxidation sites excluding steroid dienone is 1. The number of fused-ring (bicyclic) bond motifs is 1. The predicted molar refractivity (Wildman–Crippen MR) is 86.3 cm³/mol. The summed E-state index contributed by atoms with van der Waals surface area (Å²) in [4.78, 5) is 24.0. The lowest BCUT2D eigenvalue weighted by Gasteiger charge is -2.07. The number of esters is 1. The van der Waals surface area contributed by atoms with E-state index in [2.05, 4.69) is 0 Å². The minimum Gasteiger partial charge on any atom is -0.452 e. The van der Waals surface area contributed by atoms with Gasteiger partial charge in [0.05, 0.1) is 11.5 Å². The van der Waals surface area contributed by atoms with Gasteiger partial charge in [0, 0.05) is 6.07 Å². The van der Waals surface area contributed by atoms with Crippen LogP contribution < -0.4 is 9.47 Å². The van der Waals surface area contributed by atoms with Crippen molar-refractivity contribution in [2.24, 2.45) is 5.92 Å². The van der Waals surface area contributed by atoms with Crippen LogP contribution in [0.1, 0.15) is 29.8 Å². The third kappa shape index (κ3) is 3.16. The molecule has 1 heterocycles. The van der Waals surface area contributed by atoms with Crippen LogP contribution in [0.3, 0.4) is 0 Å². The fraction of sp³-hybridized carbons (Fsp3) is 0.158. The highest BCUT2D eigenvalue weighted by Gasteiger charge is 2.28. The molecule has 0 unspecified atom stereocenters. The molecule has 1 aliphatic heterocycles. The number of carbonyl (C=O) groups is 2. The van der Waals surface area contributed by atoms with Gasteiger partial charge in [-0.15, -0.1) is 0 Å². The maximum Gasteiger partial charge on any atom is 0.313 e. The first-order valence-electron chi connectivity index (χ1n) is 7.39. The summed E-state index contributed by atoms with van der Waals surface area (Å²) in [6, 6.07) is 14.3. The molecule has 23 heavy (non-hydrogen) atoms. The third-order valence-corrected chi connectivity index (χ3v) is 3.43. The standard InChI is InChI=1S/C19H16O4/c1-12(2)19(21)22-14-8-9-15-16(11-14)23-17(18(15)20)10-13-6-4-3-5-7-13/h3-12H,1-2H3/b17-10+. The van der Waals surface area contributed by atoms with Crippen molar-refractivity contribution in [1.29, 1.82) is 0 Å². The Labute approximate surface area is 134 Å². The van der Waals surface area contributed by atoms with Crippen LogP contribution in [-0.2, 0) is 4.79 Å². The van der Waals surface area contributed by atoms with E-state index in [-0.39, 0.29) is 23.4 Å². The SMILES string of the molecule is CC(C)C(=O)Oc1ccc2c(c1)O/C(=C/c1ccccc1)C2=O. The van der Waals surface area contributed by atoms with Crippen LogP contribution in [0.15, 0.2) is 54.3 Å². The molecule has 4 nitrogen and oxygen atoms in total. The molecule has 0 aliphatic carbocycles. The molecule has 116 valence electrons. The zero-order valence-corrected chi connectivity index (χ0v) is 12.9. The Morgan fingerprint density at radius 3 is 2.57 bits per heavy atom. The highest BCUT2D eigenvalue weighted by Crippen LogP contribution is 2.35. The zero-order valence-electron chi connectivity index (χ0n) is 12.9. The molecule has 0 atom stereocenters. The summed E-state index contributed by atoms with van der Waals surface area (Å²) in [5, 5.41) is 0. The Kier molecular flexibility index (Phi) is 3.98. The number of carbonyl (C=O) groups excluding carboxylic acids is 2. The number of hydrogen-bond donors (Lipinski definition) is 0. The van der Waals surface area contributed by atoms with Crippen molar-refractivity contribution in [3.8, 4) is 11.5 Å². The Balaban J connectivity index is 1.85. The fourth-order valence-electron chi connectivity index (χ4n) is 2.17. The first-order chi connectivity index (χ1) is 11.0. The van der Waals surface area contributed by atoms with Crippen LogP contribution in [0, 0.1) is 5.92 Å². The quantitative estimate of drug-likeness (QED) is 0.491. The number of Topliss-reactive ketones (excluding diaryl/α,β-unsaturated/α-hetero) is 1. The van der Waals surface area contributed by atoms with Crippen LogP contribution >= 0.6 is 0 Å². The molecule has 2 aromatic carbocycles. The summed E-state index contributed by atoms with van der Waals surface area (Å²) in [6.07, 6.45) is 1.70. The Hall–Kier alpha value is -2.88. The van der Waals surface area contributed by atoms with Crippen molar-refractivity contribution in [1.82, 2.24) is 0 Å². The average molecular weight is 308 g/mol. The number of hydrogen-bond acceptors (Lipinski definition) is 4. The highest BCUT2D eigenvalue weighted by atomic mass is 16.5. The van der Waals surface area contributed by atoms with Crippen molar-refractivity contribution in [2.45, 2.75) is 13.8 Å². The molecule has 1 aliphatic rings. The summed E-state index contributed by atoms with van der Waals surface area (Å²) in [5.41, 5.74) is 1.35. The van der Waals surface area contributed by atoms with E-state index < -0.39 is 0 Å². The van der Waals surface area contributed by atoms with Crippen LogP contribution in [0.5, 0.6) is 11.5 Å². The van der Waals surface area contributed by atoms with E-state index in [9.17, 15) is 9.59 Å². The minimum absolute atomic E-state index is 0.175. The van der Waals surface area contributed by atoms with Gasteiger partial charge in [-0.3, -0.25) is 9.59 Å². The van der Waals surface area contributed by atoms with Crippen molar-refractivity contribution >= 4 is 17.8 Å². The molecule has 0 spiro atoms. The number of rotatable bonds is 3. The molecule has 0 bridgehead atoms. The van der Waals surface area contributed by atoms with E-state index in [1.54, 1.807) is 38.1 Å². The van der Waals surface area contributed by atoms with Gasteiger partial charge in [-0.25, -0.2) is 0 Å². The van der Waals surface area contributed by atoms with Crippen molar-refractivity contribution in [3.63, 3.8) is 0 Å². The van der Waals surface area contributed by atoms with Gasteiger partial charge in [-0.05, 0) is 23.8 Å². The second-order valence-electron chi connectivity index (χ2n) is 5.58. The topological polar surface area (TPSA) is 52.6 Å². The smallest absolute Gasteiger partial charge is 0.313 e. The van der Waals surface area contributed by atoms with E-state index in [4.69, 9.17) is 9.47 Å². The number of ether oxygens (including phenoxy) is 2. The normalized spacial score (nSPS) is 14.7. The van der Waals surface area contributed by atoms with Crippen LogP contribution in [-0.4, -0.2) is 11.8 Å². The van der Waals surface area contributed by atoms with Gasteiger partial charge in [0.2, 0.25) is 5.78 Å². The minimum atomic E-state index is -0.325. The van der Waals surface area contributed by atoms with Crippen molar-refractivity contribution in [3.05, 3.63) is 65.4 Å². The molecule has 0 amide bonds. The highest BCUT2D eigenvalue weighted by molar-refractivity contribution is 6.14. The third-order valence-electron chi connectivity index (χ3n) is 3.43. The van der Waals surface area contributed by atoms with E-state index in [0.29, 0.717) is 17.1 Å². The summed E-state index contributed by atoms with van der Waals surface area (Å²) in [7, 11) is 0. The van der Waals surface area contributed by atoms with Gasteiger partial charge in [0.25, 0.3) is 0 Å². The Morgan fingerprint density at radius 2 is 1.87 bits per heavy atom. The van der Waals surface area contributed by atoms with E-state index in [1.807, 2.05) is 30.3 Å². The van der Waals surface area contributed by atoms with Gasteiger partial charge in [0.15, 0.2) is 5.76 Å². The molecule has 0 saturated heterocycles. The first kappa shape index (κ1) is 15.0. The molecule has 0 N–H and O–H groups in total. The van der Waals surface area contributed by atoms with Gasteiger partial charge in [0.1, 0.15) is 11.5 Å². The van der Waals surface area contributed by atoms with Gasteiger partial charge >= 0.3 is 5.97 Å². The van der Waals surface area contributed by atoms with Crippen LogP contribution in [0.4, 0.5) is 0 Å². The van der Waals surface area contributed by atoms with E-state index >= 15 is 0 Å². The lowest BCUT2D eigenvalue weighted by atomic mass is 10.1. The molecular weight excluding hydrogens is 292 g/mol. The Morgan fingerprint density at radius 1 is 1.13 bits per heavy atom. The molecule has 0 fully saturated rings. The van der Waals surface area contributed by atoms with E-state index in [1.165, 1.54) is 0 Å². The maximum absolute atomic E-state index is 12.3. The van der Waals surface area contributed by atoms with Gasteiger partial charge < -0.3 is 9.47 Å². The van der Waals surface area contributed by atoms with Crippen molar-refractivity contribution < 1.29 is 19.1 Å². The summed E-state index contributed by atoms with van der Waals surface area (Å²) < 4.78 is 10.9. The maximum atomic E-state index is 12.3. The molecule has 0 aromatic heterocycles. The molecule has 0 saturated carbocycles. The van der Waals surface area contributed by atoms with Gasteiger partial charge in [-0.1, -0.05) is 44.2 Å². The summed E-state index contributed by atoms with van der Waals surface area (Å²) >= 11 is 0. The lowest BCUT2D eigenvalue weighted by molar-refractivity contribution is -0.137. The Bertz CT molecular complexity index is 788. The monoisotopic (exact) mass is 308 g/mol. The summed E-state index contributed by atoms with van der Waals surface area (Å²) in [5.74, 6) is 0.320. The molecule has 4 heteroatoms. The summed E-state index contributed by atoms with van der Waals surface area (Å²) in [6.45, 7) is 3.52. The van der Waals surface area contributed by atoms with Crippen LogP contribution in [0.2, 0.25) is 0 Å². The number of benzene rings is 2. The molecular formula is C19H16O4. The fourth-order valence-corrected chi connectivity index (χ4v) is 2.17. The second kappa shape index (κ2) is 6.08. The molecule has 2 aromatic rings. The van der Waals surface area contributed by atoms with Gasteiger partial charge in [-0.2, -0.15) is 0 Å².